The first kappa shape index (κ1) is 40.6. The molecule has 5 nitrogen and oxygen atoms in total. The van der Waals surface area contributed by atoms with E-state index in [2.05, 4.69) is 16.0 Å². The molecule has 0 spiro atoms. The molecule has 1 saturated heterocycles. The Labute approximate surface area is 266 Å². The molecular formula is C19H23B3F12KN2O3-3. The van der Waals surface area contributed by atoms with Gasteiger partial charge in [0.25, 0.3) is 0 Å². The quantitative estimate of drug-likeness (QED) is 0.283. The summed E-state index contributed by atoms with van der Waals surface area (Å²) >= 11 is 0. The van der Waals surface area contributed by atoms with Gasteiger partial charge in [-0.3, -0.25) is 0 Å². The summed E-state index contributed by atoms with van der Waals surface area (Å²) in [4.78, 5) is 18.3. The van der Waals surface area contributed by atoms with E-state index in [1.54, 1.807) is 12.1 Å². The first-order valence-corrected chi connectivity index (χ1v) is 10.9. The Balaban J connectivity index is -0.000000708. The second-order valence-electron chi connectivity index (χ2n) is 7.43. The molecule has 0 atom stereocenters. The van der Waals surface area contributed by atoms with Crippen molar-refractivity contribution in [3.05, 3.63) is 54.2 Å². The summed E-state index contributed by atoms with van der Waals surface area (Å²) < 4.78 is 128. The first-order valence-electron chi connectivity index (χ1n) is 10.9. The zero-order valence-corrected chi connectivity index (χ0v) is 24.2. The van der Waals surface area contributed by atoms with Crippen LogP contribution in [0, 0.1) is 5.92 Å². The van der Waals surface area contributed by atoms with Crippen LogP contribution in [0.4, 0.5) is 57.6 Å². The van der Waals surface area contributed by atoms with Crippen LogP contribution in [0.25, 0.3) is 0 Å². The Bertz CT molecular complexity index is 925. The van der Waals surface area contributed by atoms with Gasteiger partial charge in [0.05, 0.1) is 19.3 Å². The van der Waals surface area contributed by atoms with Crippen LogP contribution in [0.5, 0.6) is 5.75 Å². The number of hydrogen-bond acceptors (Lipinski definition) is 5. The molecule has 21 heteroatoms. The van der Waals surface area contributed by atoms with Crippen molar-refractivity contribution in [1.29, 1.82) is 0 Å². The number of carbonyl (C=O) groups is 1. The van der Waals surface area contributed by atoms with Crippen LogP contribution in [-0.2, 0) is 4.74 Å². The van der Waals surface area contributed by atoms with Crippen LogP contribution in [0.15, 0.2) is 48.7 Å². The molecule has 1 aromatic heterocycles. The molecule has 1 fully saturated rings. The first-order chi connectivity index (χ1) is 17.8. The van der Waals surface area contributed by atoms with E-state index < -0.39 is 21.8 Å². The third kappa shape index (κ3) is 26.6. The summed E-state index contributed by atoms with van der Waals surface area (Å²) in [5.74, 6) is 1.93. The average Bonchev–Trinajstić information content (AvgIpc) is 2.80. The number of nitrogens with zero attached hydrogens (tertiary/aromatic N) is 2. The Morgan fingerprint density at radius 3 is 1.80 bits per heavy atom. The number of pyridine rings is 1. The summed E-state index contributed by atoms with van der Waals surface area (Å²) in [6, 6.07) is 13.1. The normalized spacial score (nSPS) is 13.6. The zero-order chi connectivity index (χ0) is 30.3. The van der Waals surface area contributed by atoms with Gasteiger partial charge >= 0.3 is 79.1 Å². The van der Waals surface area contributed by atoms with Crippen LogP contribution in [0.3, 0.4) is 0 Å². The summed E-state index contributed by atoms with van der Waals surface area (Å²) in [7, 11) is -16.6. The van der Waals surface area contributed by atoms with Crippen molar-refractivity contribution in [2.24, 2.45) is 5.92 Å². The largest absolute Gasteiger partial charge is 1.00 e. The molecule has 0 unspecified atom stereocenters. The van der Waals surface area contributed by atoms with Crippen molar-refractivity contribution >= 4 is 33.6 Å². The summed E-state index contributed by atoms with van der Waals surface area (Å²) in [6.07, 6.45) is 3.99. The molecule has 0 N–H and O–H groups in total. The summed E-state index contributed by atoms with van der Waals surface area (Å²) in [5, 5.41) is 0. The fourth-order valence-corrected chi connectivity index (χ4v) is 2.91. The third-order valence-electron chi connectivity index (χ3n) is 4.33. The molecule has 0 aliphatic carbocycles. The summed E-state index contributed by atoms with van der Waals surface area (Å²) in [5.41, 5.74) is 0.514. The molecule has 2 aromatic rings. The van der Waals surface area contributed by atoms with Gasteiger partial charge in [0, 0.05) is 19.3 Å². The monoisotopic (exact) mass is 627 g/mol. The van der Waals surface area contributed by atoms with E-state index >= 15 is 0 Å². The third-order valence-corrected chi connectivity index (χ3v) is 4.33. The molecule has 40 heavy (non-hydrogen) atoms. The second-order valence-corrected chi connectivity index (χ2v) is 7.43. The fourth-order valence-electron chi connectivity index (χ4n) is 2.91. The number of hydrogen-bond donors (Lipinski definition) is 0. The van der Waals surface area contributed by atoms with E-state index in [9.17, 15) is 56.6 Å². The van der Waals surface area contributed by atoms with Crippen molar-refractivity contribution in [3.8, 4) is 5.75 Å². The Hall–Kier alpha value is -1.57. The topological polar surface area (TPSA) is 51.7 Å². The Morgan fingerprint density at radius 1 is 0.875 bits per heavy atom. The molecule has 0 bridgehead atoms. The molecule has 0 radical (unpaired) electrons. The molecule has 3 rings (SSSR count). The smallest absolute Gasteiger partial charge is 1.00 e. The second kappa shape index (κ2) is 19.5. The number of anilines is 1. The Kier molecular flexibility index (Phi) is 19.8. The molecule has 0 amide bonds. The Morgan fingerprint density at radius 2 is 1.38 bits per heavy atom. The number of halogens is 12. The molecule has 224 valence electrons. The van der Waals surface area contributed by atoms with Gasteiger partial charge in [-0.1, -0.05) is 12.1 Å². The van der Waals surface area contributed by atoms with Crippen LogP contribution >= 0.6 is 0 Å². The van der Waals surface area contributed by atoms with Crippen molar-refractivity contribution < 1.29 is 119 Å². The van der Waals surface area contributed by atoms with Crippen molar-refractivity contribution in [1.82, 2.24) is 4.98 Å². The van der Waals surface area contributed by atoms with E-state index in [1.165, 1.54) is 7.11 Å². The van der Waals surface area contributed by atoms with E-state index in [0.29, 0.717) is 23.8 Å². The number of ether oxygens (including phenoxy) is 2. The minimum Gasteiger partial charge on any atom is -1.00 e. The van der Waals surface area contributed by atoms with Gasteiger partial charge < -0.3 is 67.6 Å². The minimum atomic E-state index is -6.00. The van der Waals surface area contributed by atoms with Gasteiger partial charge in [0.1, 0.15) is 11.6 Å². The molecule has 1 aliphatic heterocycles. The summed E-state index contributed by atoms with van der Waals surface area (Å²) in [6.45, 7) is 2.65. The van der Waals surface area contributed by atoms with Crippen molar-refractivity contribution in [2.45, 2.75) is 12.8 Å². The van der Waals surface area contributed by atoms with E-state index in [-0.39, 0.29) is 58.8 Å². The number of methoxy groups -OCH3 is 1. The number of aromatic nitrogens is 1. The van der Waals surface area contributed by atoms with Gasteiger partial charge in [-0.2, -0.15) is 0 Å². The molecule has 1 aliphatic rings. The van der Waals surface area contributed by atoms with E-state index in [1.807, 2.05) is 30.5 Å². The molecule has 1 aromatic carbocycles. The maximum absolute atomic E-state index is 11.6. The number of piperidine rings is 1. The zero-order valence-electron chi connectivity index (χ0n) is 22.1. The molecular weight excluding hydrogens is 604 g/mol. The van der Waals surface area contributed by atoms with Crippen molar-refractivity contribution in [2.75, 3.05) is 31.7 Å². The van der Waals surface area contributed by atoms with Gasteiger partial charge in [-0.05, 0) is 49.1 Å². The maximum atomic E-state index is 11.6. The van der Waals surface area contributed by atoms with Gasteiger partial charge in [0.2, 0.25) is 0 Å². The van der Waals surface area contributed by atoms with Crippen LogP contribution in [0.2, 0.25) is 0 Å². The fraction of sp³-hybridized carbons (Fsp3) is 0.368. The predicted octanol–water partition coefficient (Wildman–Crippen LogP) is 4.18. The van der Waals surface area contributed by atoms with Gasteiger partial charge in [-0.15, -0.1) is 0 Å². The number of benzene rings is 1. The number of carbonyl (C=O) groups excluding carboxylic acids is 1. The molecule has 0 saturated carbocycles. The maximum Gasteiger partial charge on any atom is 1.00 e. The predicted molar refractivity (Wildman–Crippen MR) is 124 cm³/mol. The van der Waals surface area contributed by atoms with Gasteiger partial charge in [0.15, 0.2) is 0 Å². The van der Waals surface area contributed by atoms with Crippen molar-refractivity contribution in [3.63, 3.8) is 0 Å². The molecule has 2 heterocycles. The number of rotatable bonds is 5. The van der Waals surface area contributed by atoms with Gasteiger partial charge in [-0.25, -0.2) is 9.78 Å². The van der Waals surface area contributed by atoms with E-state index in [4.69, 9.17) is 9.47 Å². The van der Waals surface area contributed by atoms with E-state index in [0.717, 1.165) is 31.7 Å². The van der Waals surface area contributed by atoms with Crippen LogP contribution in [0.1, 0.15) is 24.6 Å². The number of esters is 1. The SMILES string of the molecule is COC(=O)c1cccc(OCC2CCN(c3ccccn3)CC2)c1.F[B-](F)(F)F.F[B-](F)(F)F.F[B-](F)(F)F.[H-].[K+]. The average molecular weight is 627 g/mol. The minimum absolute atomic E-state index is 0. The van der Waals surface area contributed by atoms with Crippen LogP contribution < -0.4 is 61.0 Å². The van der Waals surface area contributed by atoms with Crippen LogP contribution in [-0.4, -0.2) is 59.5 Å². The standard InChI is InChI=1S/C19H22N2O3.3BF4.K.H/c1-23-19(22)16-5-4-6-17(13-16)24-14-15-8-11-21(12-9-15)18-7-2-3-10-20-18;3*2-1(3,4)5;;/h2-7,10,13,15H,8-9,11-12,14H2,1H3;;;;;/q;3*-1;+1;-1.